The van der Waals surface area contributed by atoms with Gasteiger partial charge in [-0.2, -0.15) is 0 Å². The maximum absolute atomic E-state index is 12.0. The third kappa shape index (κ3) is 4.33. The highest BCUT2D eigenvalue weighted by Crippen LogP contribution is 2.20. The quantitative estimate of drug-likeness (QED) is 0.887. The van der Waals surface area contributed by atoms with Gasteiger partial charge in [-0.3, -0.25) is 0 Å². The third-order valence-corrected chi connectivity index (χ3v) is 3.88. The van der Waals surface area contributed by atoms with Crippen LogP contribution in [0.5, 0.6) is 0 Å². The molecule has 0 unspecified atom stereocenters. The van der Waals surface area contributed by atoms with Crippen LogP contribution in [0.3, 0.4) is 0 Å². The monoisotopic (exact) mass is 347 g/mol. The fourth-order valence-electron chi connectivity index (χ4n) is 2.33. The summed E-state index contributed by atoms with van der Waals surface area (Å²) in [7, 11) is 0. The predicted octanol–water partition coefficient (Wildman–Crippen LogP) is 2.29. The van der Waals surface area contributed by atoms with Crippen molar-refractivity contribution in [3.8, 4) is 0 Å². The van der Waals surface area contributed by atoms with Crippen molar-refractivity contribution in [1.29, 1.82) is 0 Å². The molecule has 126 valence electrons. The van der Waals surface area contributed by atoms with Gasteiger partial charge in [0.1, 0.15) is 11.6 Å². The van der Waals surface area contributed by atoms with Crippen LogP contribution in [0.2, 0.25) is 5.02 Å². The number of ether oxygens (including phenoxy) is 1. The minimum absolute atomic E-state index is 0.231. The molecule has 2 aromatic rings. The molecule has 24 heavy (non-hydrogen) atoms. The second kappa shape index (κ2) is 7.94. The Morgan fingerprint density at radius 2 is 2.04 bits per heavy atom. The first-order valence-corrected chi connectivity index (χ1v) is 8.04. The van der Waals surface area contributed by atoms with E-state index in [0.29, 0.717) is 29.7 Å². The van der Waals surface area contributed by atoms with E-state index in [-0.39, 0.29) is 12.6 Å². The second-order valence-electron chi connectivity index (χ2n) is 5.22. The van der Waals surface area contributed by atoms with Crippen LogP contribution in [-0.4, -0.2) is 42.3 Å². The highest BCUT2D eigenvalue weighted by atomic mass is 35.5. The molecule has 0 bridgehead atoms. The number of hydrogen-bond donors (Lipinski definition) is 2. The van der Waals surface area contributed by atoms with Crippen molar-refractivity contribution in [3.63, 3.8) is 0 Å². The number of urea groups is 1. The van der Waals surface area contributed by atoms with Crippen molar-refractivity contribution in [1.82, 2.24) is 15.3 Å². The Balaban J connectivity index is 1.56. The predicted molar refractivity (Wildman–Crippen MR) is 92.4 cm³/mol. The zero-order chi connectivity index (χ0) is 16.8. The summed E-state index contributed by atoms with van der Waals surface area (Å²) >= 11 is 6.01. The van der Waals surface area contributed by atoms with Crippen molar-refractivity contribution in [3.05, 3.63) is 47.4 Å². The lowest BCUT2D eigenvalue weighted by molar-refractivity contribution is 0.122. The number of hydrogen-bond acceptors (Lipinski definition) is 5. The van der Waals surface area contributed by atoms with E-state index < -0.39 is 0 Å². The Morgan fingerprint density at radius 1 is 1.25 bits per heavy atom. The van der Waals surface area contributed by atoms with Crippen molar-refractivity contribution in [2.45, 2.75) is 6.54 Å². The molecular weight excluding hydrogens is 330 g/mol. The van der Waals surface area contributed by atoms with E-state index in [1.165, 1.54) is 0 Å². The largest absolute Gasteiger partial charge is 0.378 e. The van der Waals surface area contributed by atoms with Gasteiger partial charge in [-0.05, 0) is 18.2 Å². The highest BCUT2D eigenvalue weighted by Gasteiger charge is 2.13. The number of para-hydroxylation sites is 1. The van der Waals surface area contributed by atoms with Crippen molar-refractivity contribution < 1.29 is 9.53 Å². The van der Waals surface area contributed by atoms with Crippen LogP contribution < -0.4 is 15.5 Å². The van der Waals surface area contributed by atoms with Crippen LogP contribution in [0.1, 0.15) is 5.82 Å². The number of anilines is 2. The molecule has 2 amide bonds. The van der Waals surface area contributed by atoms with Crippen LogP contribution in [0.15, 0.2) is 36.5 Å². The summed E-state index contributed by atoms with van der Waals surface area (Å²) in [6.07, 6.45) is 1.70. The Kier molecular flexibility index (Phi) is 5.45. The molecule has 2 N–H and O–H groups in total. The Labute approximate surface area is 145 Å². The molecule has 1 aliphatic heterocycles. The van der Waals surface area contributed by atoms with E-state index in [0.717, 1.165) is 18.9 Å². The fourth-order valence-corrected chi connectivity index (χ4v) is 2.51. The summed E-state index contributed by atoms with van der Waals surface area (Å²) < 4.78 is 5.34. The first kappa shape index (κ1) is 16.5. The molecule has 0 aliphatic carbocycles. The molecule has 0 saturated carbocycles. The highest BCUT2D eigenvalue weighted by molar-refractivity contribution is 6.33. The van der Waals surface area contributed by atoms with Gasteiger partial charge in [0.05, 0.1) is 30.5 Å². The van der Waals surface area contributed by atoms with E-state index in [1.54, 1.807) is 30.5 Å². The van der Waals surface area contributed by atoms with Crippen LogP contribution in [0.25, 0.3) is 0 Å². The van der Waals surface area contributed by atoms with E-state index in [2.05, 4.69) is 25.5 Å². The number of carbonyl (C=O) groups excluding carboxylic acids is 1. The van der Waals surface area contributed by atoms with E-state index in [1.807, 2.05) is 6.07 Å². The minimum atomic E-state index is -0.358. The van der Waals surface area contributed by atoms with Gasteiger partial charge in [0.25, 0.3) is 0 Å². The van der Waals surface area contributed by atoms with Gasteiger partial charge < -0.3 is 20.3 Å². The number of nitrogens with one attached hydrogen (secondary N) is 2. The fraction of sp³-hybridized carbons (Fsp3) is 0.312. The number of halogens is 1. The summed E-state index contributed by atoms with van der Waals surface area (Å²) in [6, 6.07) is 8.55. The Bertz CT molecular complexity index is 706. The molecule has 1 aliphatic rings. The lowest BCUT2D eigenvalue weighted by atomic mass is 10.3. The minimum Gasteiger partial charge on any atom is -0.378 e. The molecule has 1 fully saturated rings. The summed E-state index contributed by atoms with van der Waals surface area (Å²) in [5.74, 6) is 1.39. The van der Waals surface area contributed by atoms with Crippen LogP contribution >= 0.6 is 11.6 Å². The first-order chi connectivity index (χ1) is 11.7. The van der Waals surface area contributed by atoms with Gasteiger partial charge in [0.15, 0.2) is 0 Å². The molecule has 3 rings (SSSR count). The van der Waals surface area contributed by atoms with Gasteiger partial charge in [-0.15, -0.1) is 0 Å². The molecular formula is C16H18ClN5O2. The van der Waals surface area contributed by atoms with Crippen LogP contribution in [0, 0.1) is 0 Å². The van der Waals surface area contributed by atoms with Gasteiger partial charge in [0, 0.05) is 19.3 Å². The molecule has 8 heteroatoms. The summed E-state index contributed by atoms with van der Waals surface area (Å²) in [5, 5.41) is 5.91. The molecule has 0 atom stereocenters. The second-order valence-corrected chi connectivity index (χ2v) is 5.63. The topological polar surface area (TPSA) is 79.4 Å². The molecule has 7 nitrogen and oxygen atoms in total. The number of benzene rings is 1. The standard InChI is InChI=1S/C16H18ClN5O2/c17-12-3-1-2-4-13(12)20-16(23)19-11-14-18-6-5-15(21-14)22-7-9-24-10-8-22/h1-6H,7-11H2,(H2,19,20,23). The zero-order valence-corrected chi connectivity index (χ0v) is 13.8. The van der Waals surface area contributed by atoms with E-state index in [9.17, 15) is 4.79 Å². The average Bonchev–Trinajstić information content (AvgIpc) is 2.63. The zero-order valence-electron chi connectivity index (χ0n) is 13.0. The SMILES string of the molecule is O=C(NCc1nccc(N2CCOCC2)n1)Nc1ccccc1Cl. The number of amides is 2. The van der Waals surface area contributed by atoms with Gasteiger partial charge in [-0.25, -0.2) is 14.8 Å². The lowest BCUT2D eigenvalue weighted by Gasteiger charge is -2.27. The number of carbonyl (C=O) groups is 1. The van der Waals surface area contributed by atoms with Crippen molar-refractivity contribution >= 4 is 29.1 Å². The van der Waals surface area contributed by atoms with Gasteiger partial charge in [0.2, 0.25) is 0 Å². The first-order valence-electron chi connectivity index (χ1n) is 7.66. The maximum atomic E-state index is 12.0. The van der Waals surface area contributed by atoms with Gasteiger partial charge >= 0.3 is 6.03 Å². The van der Waals surface area contributed by atoms with E-state index >= 15 is 0 Å². The summed E-state index contributed by atoms with van der Waals surface area (Å²) in [5.41, 5.74) is 0.555. The van der Waals surface area contributed by atoms with Gasteiger partial charge in [-0.1, -0.05) is 23.7 Å². The molecule has 2 heterocycles. The molecule has 0 spiro atoms. The molecule has 1 aromatic heterocycles. The number of morpholine rings is 1. The lowest BCUT2D eigenvalue weighted by Crippen LogP contribution is -2.37. The Morgan fingerprint density at radius 3 is 2.83 bits per heavy atom. The number of rotatable bonds is 4. The van der Waals surface area contributed by atoms with Crippen molar-refractivity contribution in [2.24, 2.45) is 0 Å². The van der Waals surface area contributed by atoms with E-state index in [4.69, 9.17) is 16.3 Å². The molecule has 0 radical (unpaired) electrons. The third-order valence-electron chi connectivity index (χ3n) is 3.55. The number of aromatic nitrogens is 2. The van der Waals surface area contributed by atoms with Crippen LogP contribution in [-0.2, 0) is 11.3 Å². The normalized spacial score (nSPS) is 14.3. The molecule has 1 saturated heterocycles. The van der Waals surface area contributed by atoms with Crippen LogP contribution in [0.4, 0.5) is 16.3 Å². The molecule has 1 aromatic carbocycles. The maximum Gasteiger partial charge on any atom is 0.319 e. The Hall–Kier alpha value is -2.38. The summed E-state index contributed by atoms with van der Waals surface area (Å²) in [4.78, 5) is 22.8. The smallest absolute Gasteiger partial charge is 0.319 e. The van der Waals surface area contributed by atoms with Crippen molar-refractivity contribution in [2.75, 3.05) is 36.5 Å². The average molecular weight is 348 g/mol. The number of nitrogens with zero attached hydrogens (tertiary/aromatic N) is 3. The summed E-state index contributed by atoms with van der Waals surface area (Å²) in [6.45, 7) is 3.22.